The maximum atomic E-state index is 11.0. The van der Waals surface area contributed by atoms with Gasteiger partial charge in [-0.3, -0.25) is 4.79 Å². The average molecular weight is 261 g/mol. The van der Waals surface area contributed by atoms with Gasteiger partial charge in [-0.1, -0.05) is 35.9 Å². The van der Waals surface area contributed by atoms with E-state index >= 15 is 0 Å². The van der Waals surface area contributed by atoms with E-state index in [1.807, 2.05) is 31.2 Å². The molecule has 0 radical (unpaired) electrons. The quantitative estimate of drug-likeness (QED) is 0.778. The third kappa shape index (κ3) is 3.34. The van der Waals surface area contributed by atoms with Crippen LogP contribution in [0.3, 0.4) is 0 Å². The molecule has 92 valence electrons. The lowest BCUT2D eigenvalue weighted by atomic mass is 10.2. The largest absolute Gasteiger partial charge is 0.489 e. The first-order valence-electron chi connectivity index (χ1n) is 5.63. The fraction of sp³-hybridized carbons (Fsp3) is 0.133. The first kappa shape index (κ1) is 12.7. The minimum Gasteiger partial charge on any atom is -0.489 e. The van der Waals surface area contributed by atoms with Gasteiger partial charge in [0.1, 0.15) is 12.4 Å². The second kappa shape index (κ2) is 5.69. The topological polar surface area (TPSA) is 26.3 Å². The summed E-state index contributed by atoms with van der Waals surface area (Å²) < 4.78 is 5.61. The molecule has 0 heterocycles. The third-order valence-electron chi connectivity index (χ3n) is 2.59. The molecule has 0 saturated heterocycles. The lowest BCUT2D eigenvalue weighted by Crippen LogP contribution is -1.96. The van der Waals surface area contributed by atoms with Crippen LogP contribution in [0.15, 0.2) is 48.5 Å². The molecule has 2 aromatic carbocycles. The molecule has 0 fully saturated rings. The molecule has 0 aliphatic carbocycles. The third-order valence-corrected chi connectivity index (χ3v) is 2.81. The molecular formula is C15H13ClO2. The molecule has 0 aromatic heterocycles. The van der Waals surface area contributed by atoms with Crippen molar-refractivity contribution in [3.8, 4) is 5.75 Å². The van der Waals surface area contributed by atoms with Crippen LogP contribution in [0.25, 0.3) is 0 Å². The number of halogens is 1. The molecule has 3 heteroatoms. The van der Waals surface area contributed by atoms with E-state index in [2.05, 4.69) is 0 Å². The Bertz CT molecular complexity index is 547. The van der Waals surface area contributed by atoms with Gasteiger partial charge in [0.05, 0.1) is 0 Å². The summed E-state index contributed by atoms with van der Waals surface area (Å²) in [4.78, 5) is 11.0. The van der Waals surface area contributed by atoms with Crippen LogP contribution in [0.4, 0.5) is 0 Å². The smallest absolute Gasteiger partial charge is 0.252 e. The number of hydrogen-bond donors (Lipinski definition) is 0. The van der Waals surface area contributed by atoms with Crippen molar-refractivity contribution in [2.75, 3.05) is 0 Å². The Kier molecular flexibility index (Phi) is 4.00. The Morgan fingerprint density at radius 2 is 1.89 bits per heavy atom. The second-order valence-corrected chi connectivity index (χ2v) is 4.42. The van der Waals surface area contributed by atoms with Gasteiger partial charge in [0.2, 0.25) is 0 Å². The summed E-state index contributed by atoms with van der Waals surface area (Å²) >= 11 is 5.42. The lowest BCUT2D eigenvalue weighted by Gasteiger charge is -2.07. The molecule has 0 N–H and O–H groups in total. The van der Waals surface area contributed by atoms with E-state index in [4.69, 9.17) is 16.3 Å². The summed E-state index contributed by atoms with van der Waals surface area (Å²) in [6, 6.07) is 15.0. The van der Waals surface area contributed by atoms with E-state index in [0.717, 1.165) is 5.56 Å². The molecule has 0 atom stereocenters. The van der Waals surface area contributed by atoms with Crippen molar-refractivity contribution in [3.05, 3.63) is 65.2 Å². The van der Waals surface area contributed by atoms with Gasteiger partial charge < -0.3 is 4.74 Å². The van der Waals surface area contributed by atoms with Crippen molar-refractivity contribution in [1.29, 1.82) is 0 Å². The number of carbonyl (C=O) groups excluding carboxylic acids is 1. The molecule has 0 aliphatic rings. The van der Waals surface area contributed by atoms with E-state index in [0.29, 0.717) is 17.9 Å². The highest BCUT2D eigenvalue weighted by molar-refractivity contribution is 6.67. The minimum absolute atomic E-state index is 0.443. The molecule has 2 rings (SSSR count). The maximum Gasteiger partial charge on any atom is 0.252 e. The molecule has 18 heavy (non-hydrogen) atoms. The van der Waals surface area contributed by atoms with Crippen molar-refractivity contribution in [3.63, 3.8) is 0 Å². The standard InChI is InChI=1S/C15H13ClO2/c1-11-5-7-12(8-6-11)10-18-14-4-2-3-13(9-14)15(16)17/h2-9H,10H2,1H3. The van der Waals surface area contributed by atoms with Crippen LogP contribution in [-0.2, 0) is 6.61 Å². The number of hydrogen-bond acceptors (Lipinski definition) is 2. The SMILES string of the molecule is Cc1ccc(COc2cccc(C(=O)Cl)c2)cc1. The van der Waals surface area contributed by atoms with Crippen molar-refractivity contribution in [1.82, 2.24) is 0 Å². The second-order valence-electron chi connectivity index (χ2n) is 4.08. The van der Waals surface area contributed by atoms with E-state index in [1.165, 1.54) is 5.56 Å². The Hall–Kier alpha value is -1.80. The van der Waals surface area contributed by atoms with Gasteiger partial charge >= 0.3 is 0 Å². The summed E-state index contributed by atoms with van der Waals surface area (Å²) in [5.41, 5.74) is 2.75. The minimum atomic E-state index is -0.476. The zero-order valence-electron chi connectivity index (χ0n) is 10.0. The number of benzene rings is 2. The summed E-state index contributed by atoms with van der Waals surface area (Å²) in [7, 11) is 0. The fourth-order valence-electron chi connectivity index (χ4n) is 1.56. The summed E-state index contributed by atoms with van der Waals surface area (Å²) in [6.07, 6.45) is 0. The molecule has 0 unspecified atom stereocenters. The number of carbonyl (C=O) groups is 1. The van der Waals surface area contributed by atoms with Crippen molar-refractivity contribution >= 4 is 16.8 Å². The highest BCUT2D eigenvalue weighted by Gasteiger charge is 2.03. The van der Waals surface area contributed by atoms with Gasteiger partial charge in [0.25, 0.3) is 5.24 Å². The molecule has 0 aliphatic heterocycles. The molecule has 2 aromatic rings. The van der Waals surface area contributed by atoms with Crippen LogP contribution >= 0.6 is 11.6 Å². The molecular weight excluding hydrogens is 248 g/mol. The van der Waals surface area contributed by atoms with Gasteiger partial charge in [-0.2, -0.15) is 0 Å². The van der Waals surface area contributed by atoms with Crippen molar-refractivity contribution in [2.24, 2.45) is 0 Å². The van der Waals surface area contributed by atoms with Crippen molar-refractivity contribution < 1.29 is 9.53 Å². The molecule has 0 saturated carbocycles. The van der Waals surface area contributed by atoms with Gasteiger partial charge in [-0.15, -0.1) is 0 Å². The Balaban J connectivity index is 2.04. The molecule has 0 amide bonds. The van der Waals surface area contributed by atoms with Crippen LogP contribution in [-0.4, -0.2) is 5.24 Å². The van der Waals surface area contributed by atoms with E-state index in [1.54, 1.807) is 24.3 Å². The van der Waals surface area contributed by atoms with Gasteiger partial charge in [0, 0.05) is 5.56 Å². The van der Waals surface area contributed by atoms with Gasteiger partial charge in [-0.25, -0.2) is 0 Å². The zero-order chi connectivity index (χ0) is 13.0. The average Bonchev–Trinajstić information content (AvgIpc) is 2.38. The van der Waals surface area contributed by atoms with Crippen molar-refractivity contribution in [2.45, 2.75) is 13.5 Å². The highest BCUT2D eigenvalue weighted by Crippen LogP contribution is 2.16. The van der Waals surface area contributed by atoms with Gasteiger partial charge in [0.15, 0.2) is 0 Å². The Morgan fingerprint density at radius 3 is 2.56 bits per heavy atom. The molecule has 2 nitrogen and oxygen atoms in total. The number of rotatable bonds is 4. The number of ether oxygens (including phenoxy) is 1. The highest BCUT2D eigenvalue weighted by atomic mass is 35.5. The van der Waals surface area contributed by atoms with Gasteiger partial charge in [-0.05, 0) is 42.3 Å². The van der Waals surface area contributed by atoms with Crippen LogP contribution in [0.1, 0.15) is 21.5 Å². The fourth-order valence-corrected chi connectivity index (χ4v) is 1.68. The Morgan fingerprint density at radius 1 is 1.17 bits per heavy atom. The van der Waals surface area contributed by atoms with E-state index in [-0.39, 0.29) is 0 Å². The predicted molar refractivity (Wildman–Crippen MR) is 72.1 cm³/mol. The van der Waals surface area contributed by atoms with Crippen LogP contribution < -0.4 is 4.74 Å². The number of aryl methyl sites for hydroxylation is 1. The summed E-state index contributed by atoms with van der Waals surface area (Å²) in [5, 5.41) is -0.476. The monoisotopic (exact) mass is 260 g/mol. The summed E-state index contributed by atoms with van der Waals surface area (Å²) in [5.74, 6) is 0.641. The van der Waals surface area contributed by atoms with Crippen LogP contribution in [0.5, 0.6) is 5.75 Å². The first-order chi connectivity index (χ1) is 8.65. The van der Waals surface area contributed by atoms with E-state index < -0.39 is 5.24 Å². The first-order valence-corrected chi connectivity index (χ1v) is 6.01. The zero-order valence-corrected chi connectivity index (χ0v) is 10.8. The van der Waals surface area contributed by atoms with Crippen LogP contribution in [0.2, 0.25) is 0 Å². The van der Waals surface area contributed by atoms with Crippen LogP contribution in [0, 0.1) is 6.92 Å². The van der Waals surface area contributed by atoms with E-state index in [9.17, 15) is 4.79 Å². The molecule has 0 spiro atoms. The summed E-state index contributed by atoms with van der Waals surface area (Å²) in [6.45, 7) is 2.51. The lowest BCUT2D eigenvalue weighted by molar-refractivity contribution is 0.108. The maximum absolute atomic E-state index is 11.0. The molecule has 0 bridgehead atoms. The predicted octanol–water partition coefficient (Wildman–Crippen LogP) is 3.95. The normalized spacial score (nSPS) is 10.1. The Labute approximate surface area is 111 Å².